The smallest absolute Gasteiger partial charge is 0.493 e. The molecule has 0 saturated carbocycles. The first-order chi connectivity index (χ1) is 8.58. The van der Waals surface area contributed by atoms with Crippen LogP contribution in [0, 0.1) is 0 Å². The monoisotopic (exact) mass is 298 g/mol. The van der Waals surface area contributed by atoms with Gasteiger partial charge in [0.2, 0.25) is 0 Å². The van der Waals surface area contributed by atoms with Crippen LogP contribution in [0.1, 0.15) is 17.3 Å². The molecule has 0 aliphatic heterocycles. The van der Waals surface area contributed by atoms with E-state index in [2.05, 4.69) is 8.92 Å². The molecule has 9 heteroatoms. The lowest BCUT2D eigenvalue weighted by atomic mass is 10.1. The van der Waals surface area contributed by atoms with Gasteiger partial charge in [-0.15, -0.1) is 0 Å². The molecule has 0 amide bonds. The maximum Gasteiger partial charge on any atom is 0.534 e. The van der Waals surface area contributed by atoms with Crippen LogP contribution in [0.25, 0.3) is 0 Å². The second-order valence-electron chi connectivity index (χ2n) is 3.41. The number of carbonyl (C=O) groups is 1. The minimum Gasteiger partial charge on any atom is -0.493 e. The first-order valence-corrected chi connectivity index (χ1v) is 6.19. The van der Waals surface area contributed by atoms with Crippen LogP contribution in [0.15, 0.2) is 18.2 Å². The van der Waals surface area contributed by atoms with Crippen LogP contribution in [0.2, 0.25) is 0 Å². The minimum atomic E-state index is -5.82. The summed E-state index contributed by atoms with van der Waals surface area (Å²) in [6, 6.07) is 3.27. The minimum absolute atomic E-state index is 0.00632. The van der Waals surface area contributed by atoms with Gasteiger partial charge in [0.05, 0.1) is 7.11 Å². The Balaban J connectivity index is 3.26. The predicted octanol–water partition coefficient (Wildman–Crippen LogP) is 2.13. The maximum atomic E-state index is 12.2. The number of ether oxygens (including phenoxy) is 1. The molecule has 0 heterocycles. The van der Waals surface area contributed by atoms with Crippen molar-refractivity contribution >= 4 is 15.9 Å². The second-order valence-corrected chi connectivity index (χ2v) is 4.94. The van der Waals surface area contributed by atoms with Gasteiger partial charge in [0.1, 0.15) is 0 Å². The molecule has 0 aliphatic rings. The van der Waals surface area contributed by atoms with E-state index in [1.54, 1.807) is 0 Å². The van der Waals surface area contributed by atoms with Gasteiger partial charge in [-0.05, 0) is 25.1 Å². The third-order valence-corrected chi connectivity index (χ3v) is 3.02. The molecule has 1 aromatic carbocycles. The number of halogens is 3. The molecule has 0 radical (unpaired) electrons. The van der Waals surface area contributed by atoms with Crippen molar-refractivity contribution in [1.82, 2.24) is 0 Å². The van der Waals surface area contributed by atoms with Gasteiger partial charge in [0.15, 0.2) is 17.3 Å². The van der Waals surface area contributed by atoms with Crippen LogP contribution >= 0.6 is 0 Å². The fourth-order valence-corrected chi connectivity index (χ4v) is 1.59. The van der Waals surface area contributed by atoms with Crippen molar-refractivity contribution in [2.45, 2.75) is 12.4 Å². The van der Waals surface area contributed by atoms with E-state index >= 15 is 0 Å². The van der Waals surface area contributed by atoms with Gasteiger partial charge in [-0.1, -0.05) is 0 Å². The Morgan fingerprint density at radius 2 is 1.79 bits per heavy atom. The molecule has 0 unspecified atom stereocenters. The Morgan fingerprint density at radius 3 is 2.21 bits per heavy atom. The number of Topliss-reactive ketones (excluding diaryl/α,β-unsaturated/α-hetero) is 1. The summed E-state index contributed by atoms with van der Waals surface area (Å²) in [6.45, 7) is 1.17. The molecule has 19 heavy (non-hydrogen) atoms. The van der Waals surface area contributed by atoms with Crippen LogP contribution in [-0.4, -0.2) is 26.8 Å². The summed E-state index contributed by atoms with van der Waals surface area (Å²) in [5.74, 6) is -1.40. The van der Waals surface area contributed by atoms with E-state index in [0.717, 1.165) is 19.2 Å². The van der Waals surface area contributed by atoms with Crippen LogP contribution in [0.4, 0.5) is 13.2 Å². The molecule has 0 saturated heterocycles. The first kappa shape index (κ1) is 15.3. The zero-order valence-corrected chi connectivity index (χ0v) is 10.6. The summed E-state index contributed by atoms with van der Waals surface area (Å²) in [4.78, 5) is 11.1. The van der Waals surface area contributed by atoms with Gasteiger partial charge in [-0.3, -0.25) is 4.79 Å². The van der Waals surface area contributed by atoms with Crippen molar-refractivity contribution < 1.29 is 35.3 Å². The number of methoxy groups -OCH3 is 1. The number of hydrogen-bond donors (Lipinski definition) is 0. The lowest BCUT2D eigenvalue weighted by molar-refractivity contribution is -0.0500. The van der Waals surface area contributed by atoms with Gasteiger partial charge >= 0.3 is 15.6 Å². The summed E-state index contributed by atoms with van der Waals surface area (Å²) in [6.07, 6.45) is 0. The molecular formula is C10H9F3O5S. The van der Waals surface area contributed by atoms with E-state index in [-0.39, 0.29) is 11.3 Å². The number of rotatable bonds is 4. The van der Waals surface area contributed by atoms with Crippen molar-refractivity contribution in [3.05, 3.63) is 23.8 Å². The molecule has 0 spiro atoms. The molecule has 0 aliphatic carbocycles. The fraction of sp³-hybridized carbons (Fsp3) is 0.300. The number of hydrogen-bond acceptors (Lipinski definition) is 5. The highest BCUT2D eigenvalue weighted by Gasteiger charge is 2.49. The Bertz CT molecular complexity index is 592. The third kappa shape index (κ3) is 3.37. The molecule has 1 rings (SSSR count). The summed E-state index contributed by atoms with van der Waals surface area (Å²) in [5.41, 5.74) is -5.57. The first-order valence-electron chi connectivity index (χ1n) is 4.78. The highest BCUT2D eigenvalue weighted by molar-refractivity contribution is 7.88. The predicted molar refractivity (Wildman–Crippen MR) is 58.6 cm³/mol. The Kier molecular flexibility index (Phi) is 4.09. The topological polar surface area (TPSA) is 69.7 Å². The van der Waals surface area contributed by atoms with E-state index in [4.69, 9.17) is 0 Å². The number of alkyl halides is 3. The molecule has 106 valence electrons. The van der Waals surface area contributed by atoms with Crippen LogP contribution in [0.5, 0.6) is 11.5 Å². The number of carbonyl (C=O) groups excluding carboxylic acids is 1. The average molecular weight is 298 g/mol. The van der Waals surface area contributed by atoms with Crippen LogP contribution in [-0.2, 0) is 10.1 Å². The molecule has 0 aromatic heterocycles. The number of ketones is 1. The standard InChI is InChI=1S/C10H9F3O5S/c1-6(14)7-3-4-8(17-2)9(5-7)18-19(15,16)10(11,12)13/h3-5H,1-2H3. The summed E-state index contributed by atoms with van der Waals surface area (Å²) in [7, 11) is -4.70. The average Bonchev–Trinajstić information content (AvgIpc) is 2.26. The SMILES string of the molecule is COc1ccc(C(C)=O)cc1OS(=O)(=O)C(F)(F)F. The summed E-state index contributed by atoms with van der Waals surface area (Å²) in [5, 5.41) is 0. The molecular weight excluding hydrogens is 289 g/mol. The fourth-order valence-electron chi connectivity index (χ4n) is 1.13. The summed E-state index contributed by atoms with van der Waals surface area (Å²) >= 11 is 0. The third-order valence-electron chi connectivity index (χ3n) is 2.05. The highest BCUT2D eigenvalue weighted by atomic mass is 32.2. The highest BCUT2D eigenvalue weighted by Crippen LogP contribution is 2.33. The van der Waals surface area contributed by atoms with Crippen molar-refractivity contribution in [2.75, 3.05) is 7.11 Å². The number of benzene rings is 1. The second kappa shape index (κ2) is 5.08. The van der Waals surface area contributed by atoms with Crippen molar-refractivity contribution in [3.63, 3.8) is 0 Å². The summed E-state index contributed by atoms with van der Waals surface area (Å²) < 4.78 is 67.0. The van der Waals surface area contributed by atoms with Gasteiger partial charge in [-0.25, -0.2) is 0 Å². The molecule has 0 atom stereocenters. The van der Waals surface area contributed by atoms with E-state index < -0.39 is 27.2 Å². The lowest BCUT2D eigenvalue weighted by Gasteiger charge is -2.12. The van der Waals surface area contributed by atoms with E-state index in [9.17, 15) is 26.4 Å². The van der Waals surface area contributed by atoms with E-state index in [1.807, 2.05) is 0 Å². The normalized spacial score (nSPS) is 12.1. The zero-order valence-electron chi connectivity index (χ0n) is 9.82. The van der Waals surface area contributed by atoms with Crippen molar-refractivity contribution in [2.24, 2.45) is 0 Å². The van der Waals surface area contributed by atoms with Gasteiger partial charge in [0, 0.05) is 5.56 Å². The van der Waals surface area contributed by atoms with E-state index in [0.29, 0.717) is 0 Å². The van der Waals surface area contributed by atoms with Crippen molar-refractivity contribution in [1.29, 1.82) is 0 Å². The van der Waals surface area contributed by atoms with Gasteiger partial charge < -0.3 is 8.92 Å². The Hall–Kier alpha value is -1.77. The molecule has 0 bridgehead atoms. The quantitative estimate of drug-likeness (QED) is 0.484. The van der Waals surface area contributed by atoms with Gasteiger partial charge in [0.25, 0.3) is 0 Å². The molecule has 1 aromatic rings. The van der Waals surface area contributed by atoms with Crippen LogP contribution < -0.4 is 8.92 Å². The van der Waals surface area contributed by atoms with Crippen LogP contribution in [0.3, 0.4) is 0 Å². The maximum absolute atomic E-state index is 12.2. The van der Waals surface area contributed by atoms with Crippen molar-refractivity contribution in [3.8, 4) is 11.5 Å². The zero-order chi connectivity index (χ0) is 14.8. The Labute approximate surface area is 107 Å². The molecule has 0 N–H and O–H groups in total. The molecule has 5 nitrogen and oxygen atoms in total. The Morgan fingerprint density at radius 1 is 1.21 bits per heavy atom. The van der Waals surface area contributed by atoms with E-state index in [1.165, 1.54) is 13.0 Å². The largest absolute Gasteiger partial charge is 0.534 e. The van der Waals surface area contributed by atoms with Gasteiger partial charge in [-0.2, -0.15) is 21.6 Å². The molecule has 0 fully saturated rings. The lowest BCUT2D eigenvalue weighted by Crippen LogP contribution is -2.28.